The second kappa shape index (κ2) is 5.32. The lowest BCUT2D eigenvalue weighted by Crippen LogP contribution is -2.07. The minimum atomic E-state index is 0.396. The summed E-state index contributed by atoms with van der Waals surface area (Å²) in [6, 6.07) is 5.83. The summed E-state index contributed by atoms with van der Waals surface area (Å²) in [5.74, 6) is 1.61. The summed E-state index contributed by atoms with van der Waals surface area (Å²) in [5, 5.41) is 16.3. The van der Waals surface area contributed by atoms with E-state index in [0.29, 0.717) is 6.61 Å². The first-order chi connectivity index (χ1) is 9.81. The Morgan fingerprint density at radius 1 is 1.40 bits per heavy atom. The summed E-state index contributed by atoms with van der Waals surface area (Å²) in [6.45, 7) is 3.19. The monoisotopic (exact) mass is 272 g/mol. The first kappa shape index (κ1) is 12.7. The van der Waals surface area contributed by atoms with Gasteiger partial charge in [0.2, 0.25) is 0 Å². The van der Waals surface area contributed by atoms with Crippen LogP contribution in [0.15, 0.2) is 29.7 Å². The van der Waals surface area contributed by atoms with E-state index in [-0.39, 0.29) is 0 Å². The van der Waals surface area contributed by atoms with Crippen molar-refractivity contribution in [2.45, 2.75) is 32.9 Å². The van der Waals surface area contributed by atoms with Crippen LogP contribution in [0.1, 0.15) is 30.3 Å². The minimum absolute atomic E-state index is 0.396. The molecule has 1 N–H and O–H groups in total. The molecular weight excluding hydrogens is 256 g/mol. The summed E-state index contributed by atoms with van der Waals surface area (Å²) in [6.07, 6.45) is 3.20. The van der Waals surface area contributed by atoms with Gasteiger partial charge in [0.05, 0.1) is 5.71 Å². The number of aryl methyl sites for hydroxylation is 2. The van der Waals surface area contributed by atoms with E-state index in [2.05, 4.69) is 15.2 Å². The van der Waals surface area contributed by atoms with E-state index in [9.17, 15) is 0 Å². The predicted octanol–water partition coefficient (Wildman–Crippen LogP) is 2.00. The molecule has 1 aliphatic rings. The third kappa shape index (κ3) is 2.24. The number of nitrogens with zero attached hydrogens (tertiary/aromatic N) is 4. The van der Waals surface area contributed by atoms with Gasteiger partial charge in [-0.1, -0.05) is 5.16 Å². The molecular formula is C14H16N4O2. The highest BCUT2D eigenvalue weighted by atomic mass is 16.5. The molecule has 0 saturated carbocycles. The van der Waals surface area contributed by atoms with Gasteiger partial charge in [0.1, 0.15) is 18.7 Å². The van der Waals surface area contributed by atoms with Crippen LogP contribution in [0.3, 0.4) is 0 Å². The molecule has 20 heavy (non-hydrogen) atoms. The maximum absolute atomic E-state index is 8.91. The minimum Gasteiger partial charge on any atom is -0.486 e. The Morgan fingerprint density at radius 3 is 3.10 bits per heavy atom. The van der Waals surface area contributed by atoms with Crippen LogP contribution in [0.4, 0.5) is 0 Å². The molecule has 0 spiro atoms. The Hall–Kier alpha value is -2.37. The van der Waals surface area contributed by atoms with Gasteiger partial charge in [0.25, 0.3) is 0 Å². The summed E-state index contributed by atoms with van der Waals surface area (Å²) >= 11 is 0. The normalized spacial score (nSPS) is 15.6. The molecule has 0 aliphatic heterocycles. The van der Waals surface area contributed by atoms with Crippen LogP contribution in [0.25, 0.3) is 0 Å². The standard InChI is InChI=1S/C14H16N4O2/c1-2-18-14(15-9-16-18)8-20-11-4-5-12-10(7-11)3-6-13(12)17-19/h4-5,7,9,19H,2-3,6,8H2,1H3/b17-13+. The maximum atomic E-state index is 8.91. The first-order valence-electron chi connectivity index (χ1n) is 6.65. The van der Waals surface area contributed by atoms with Crippen molar-refractivity contribution < 1.29 is 9.94 Å². The van der Waals surface area contributed by atoms with Crippen LogP contribution >= 0.6 is 0 Å². The van der Waals surface area contributed by atoms with Gasteiger partial charge in [0.15, 0.2) is 5.82 Å². The molecule has 0 unspecified atom stereocenters. The zero-order valence-corrected chi connectivity index (χ0v) is 11.3. The maximum Gasteiger partial charge on any atom is 0.164 e. The van der Waals surface area contributed by atoms with Gasteiger partial charge in [-0.25, -0.2) is 9.67 Å². The van der Waals surface area contributed by atoms with Gasteiger partial charge >= 0.3 is 0 Å². The van der Waals surface area contributed by atoms with Crippen LogP contribution in [-0.2, 0) is 19.6 Å². The van der Waals surface area contributed by atoms with E-state index < -0.39 is 0 Å². The largest absolute Gasteiger partial charge is 0.486 e. The number of oxime groups is 1. The van der Waals surface area contributed by atoms with Crippen LogP contribution in [-0.4, -0.2) is 25.7 Å². The van der Waals surface area contributed by atoms with E-state index in [0.717, 1.165) is 47.8 Å². The summed E-state index contributed by atoms with van der Waals surface area (Å²) in [7, 11) is 0. The van der Waals surface area contributed by atoms with Crippen molar-refractivity contribution in [3.05, 3.63) is 41.5 Å². The molecule has 2 aromatic rings. The topological polar surface area (TPSA) is 72.5 Å². The molecule has 0 bridgehead atoms. The van der Waals surface area contributed by atoms with Crippen LogP contribution in [0.2, 0.25) is 0 Å². The average Bonchev–Trinajstić information content (AvgIpc) is 3.10. The molecule has 1 aliphatic carbocycles. The van der Waals surface area contributed by atoms with Crippen LogP contribution < -0.4 is 4.74 Å². The van der Waals surface area contributed by atoms with E-state index in [1.807, 2.05) is 29.8 Å². The van der Waals surface area contributed by atoms with Gasteiger partial charge in [-0.3, -0.25) is 0 Å². The molecule has 104 valence electrons. The van der Waals surface area contributed by atoms with Gasteiger partial charge in [0, 0.05) is 12.1 Å². The van der Waals surface area contributed by atoms with E-state index in [1.165, 1.54) is 6.33 Å². The number of fused-ring (bicyclic) bond motifs is 1. The molecule has 0 amide bonds. The molecule has 0 radical (unpaired) electrons. The average molecular weight is 272 g/mol. The van der Waals surface area contributed by atoms with Crippen LogP contribution in [0, 0.1) is 0 Å². The zero-order valence-electron chi connectivity index (χ0n) is 11.3. The van der Waals surface area contributed by atoms with Crippen molar-refractivity contribution in [3.8, 4) is 5.75 Å². The number of ether oxygens (including phenoxy) is 1. The van der Waals surface area contributed by atoms with Crippen molar-refractivity contribution in [2.75, 3.05) is 0 Å². The van der Waals surface area contributed by atoms with E-state index in [4.69, 9.17) is 9.94 Å². The number of hydrogen-bond acceptors (Lipinski definition) is 5. The Balaban J connectivity index is 1.73. The molecule has 1 aromatic carbocycles. The summed E-state index contributed by atoms with van der Waals surface area (Å²) in [5.41, 5.74) is 2.92. The highest BCUT2D eigenvalue weighted by Crippen LogP contribution is 2.27. The Kier molecular flexibility index (Phi) is 3.37. The Morgan fingerprint density at radius 2 is 2.30 bits per heavy atom. The molecule has 1 heterocycles. The Labute approximate surface area is 116 Å². The van der Waals surface area contributed by atoms with Gasteiger partial charge in [-0.2, -0.15) is 5.10 Å². The zero-order chi connectivity index (χ0) is 13.9. The quantitative estimate of drug-likeness (QED) is 0.682. The lowest BCUT2D eigenvalue weighted by atomic mass is 10.1. The molecule has 3 rings (SSSR count). The highest BCUT2D eigenvalue weighted by Gasteiger charge is 2.18. The fraction of sp³-hybridized carbons (Fsp3) is 0.357. The SMILES string of the molecule is CCn1ncnc1COc1ccc2c(c1)CC/C2=N\O. The lowest BCUT2D eigenvalue weighted by molar-refractivity contribution is 0.287. The molecule has 0 fully saturated rings. The highest BCUT2D eigenvalue weighted by molar-refractivity contribution is 6.04. The van der Waals surface area contributed by atoms with Crippen LogP contribution in [0.5, 0.6) is 5.75 Å². The molecule has 0 saturated heterocycles. The van der Waals surface area contributed by atoms with E-state index >= 15 is 0 Å². The summed E-state index contributed by atoms with van der Waals surface area (Å²) < 4.78 is 7.57. The second-order valence-electron chi connectivity index (χ2n) is 4.65. The second-order valence-corrected chi connectivity index (χ2v) is 4.65. The number of rotatable bonds is 4. The number of hydrogen-bond donors (Lipinski definition) is 1. The number of aromatic nitrogens is 3. The van der Waals surface area contributed by atoms with Gasteiger partial charge < -0.3 is 9.94 Å². The Bertz CT molecular complexity index is 648. The number of benzene rings is 1. The smallest absolute Gasteiger partial charge is 0.164 e. The molecule has 1 aromatic heterocycles. The van der Waals surface area contributed by atoms with Gasteiger partial charge in [-0.15, -0.1) is 0 Å². The van der Waals surface area contributed by atoms with Crippen molar-refractivity contribution in [1.29, 1.82) is 0 Å². The molecule has 6 nitrogen and oxygen atoms in total. The summed E-state index contributed by atoms with van der Waals surface area (Å²) in [4.78, 5) is 4.17. The fourth-order valence-corrected chi connectivity index (χ4v) is 2.45. The predicted molar refractivity (Wildman–Crippen MR) is 73.1 cm³/mol. The van der Waals surface area contributed by atoms with Gasteiger partial charge in [-0.05, 0) is 43.5 Å². The third-order valence-electron chi connectivity index (χ3n) is 3.50. The van der Waals surface area contributed by atoms with E-state index in [1.54, 1.807) is 0 Å². The fourth-order valence-electron chi connectivity index (χ4n) is 2.45. The first-order valence-corrected chi connectivity index (χ1v) is 6.65. The van der Waals surface area contributed by atoms with Crippen molar-refractivity contribution in [3.63, 3.8) is 0 Å². The third-order valence-corrected chi connectivity index (χ3v) is 3.50. The van der Waals surface area contributed by atoms with Crippen molar-refractivity contribution in [2.24, 2.45) is 5.16 Å². The lowest BCUT2D eigenvalue weighted by Gasteiger charge is -2.08. The van der Waals surface area contributed by atoms with Crippen molar-refractivity contribution >= 4 is 5.71 Å². The molecule has 6 heteroatoms. The van der Waals surface area contributed by atoms with Crippen molar-refractivity contribution in [1.82, 2.24) is 14.8 Å². The molecule has 0 atom stereocenters.